The maximum atomic E-state index is 13.6. The number of carbonyl (C=O) groups is 3. The van der Waals surface area contributed by atoms with Gasteiger partial charge in [-0.2, -0.15) is 0 Å². The summed E-state index contributed by atoms with van der Waals surface area (Å²) in [6.45, 7) is -0.257. The lowest BCUT2D eigenvalue weighted by Crippen LogP contribution is -2.67. The highest BCUT2D eigenvalue weighted by molar-refractivity contribution is 6.15. The molecule has 2 aromatic carbocycles. The molecule has 150 valence electrons. The zero-order chi connectivity index (χ0) is 20.8. The lowest BCUT2D eigenvalue weighted by atomic mass is 9.97. The quantitative estimate of drug-likeness (QED) is 0.740. The number of halogens is 1. The Balaban J connectivity index is 1.69. The summed E-state index contributed by atoms with van der Waals surface area (Å²) < 4.78 is 24.3. The monoisotopic (exact) mass is 398 g/mol. The third-order valence-electron chi connectivity index (χ3n) is 5.47. The van der Waals surface area contributed by atoms with Gasteiger partial charge in [0.15, 0.2) is 0 Å². The first-order chi connectivity index (χ1) is 13.9. The molecule has 2 aliphatic rings. The first kappa shape index (κ1) is 18.9. The number of likely N-dealkylation sites (N-methyl/N-ethyl adjacent to an activating group) is 1. The van der Waals surface area contributed by atoms with Gasteiger partial charge in [-0.1, -0.05) is 12.1 Å². The highest BCUT2D eigenvalue weighted by Crippen LogP contribution is 2.44. The van der Waals surface area contributed by atoms with Gasteiger partial charge in [-0.3, -0.25) is 14.5 Å². The van der Waals surface area contributed by atoms with E-state index in [0.717, 1.165) is 0 Å². The number of hydrogen-bond acceptors (Lipinski definition) is 5. The molecule has 2 amide bonds. The van der Waals surface area contributed by atoms with Crippen LogP contribution in [-0.2, 0) is 20.9 Å². The minimum Gasteiger partial charge on any atom is -0.496 e. The first-order valence-electron chi connectivity index (χ1n) is 9.10. The second kappa shape index (κ2) is 6.88. The van der Waals surface area contributed by atoms with E-state index in [2.05, 4.69) is 0 Å². The van der Waals surface area contributed by atoms with Crippen LogP contribution in [0.1, 0.15) is 28.8 Å². The molecule has 0 unspecified atom stereocenters. The lowest BCUT2D eigenvalue weighted by molar-refractivity contribution is -0.157. The molecule has 2 heterocycles. The second-order valence-corrected chi connectivity index (χ2v) is 6.96. The lowest BCUT2D eigenvalue weighted by Gasteiger charge is -2.46. The van der Waals surface area contributed by atoms with Crippen LogP contribution in [-0.4, -0.2) is 42.5 Å². The molecule has 0 spiro atoms. The van der Waals surface area contributed by atoms with Crippen molar-refractivity contribution in [1.82, 2.24) is 4.90 Å². The molecule has 2 aromatic rings. The summed E-state index contributed by atoms with van der Waals surface area (Å²) in [5, 5.41) is 0. The molecule has 0 aromatic heterocycles. The van der Waals surface area contributed by atoms with Gasteiger partial charge in [0.25, 0.3) is 5.91 Å². The molecule has 29 heavy (non-hydrogen) atoms. The predicted molar refractivity (Wildman–Crippen MR) is 101 cm³/mol. The van der Waals surface area contributed by atoms with Crippen molar-refractivity contribution in [2.75, 3.05) is 19.1 Å². The number of amides is 2. The Labute approximate surface area is 166 Å². The molecule has 7 nitrogen and oxygen atoms in total. The fourth-order valence-electron chi connectivity index (χ4n) is 4.01. The van der Waals surface area contributed by atoms with Gasteiger partial charge < -0.3 is 14.4 Å². The number of nitrogens with zero attached hydrogens (tertiary/aromatic N) is 2. The van der Waals surface area contributed by atoms with Crippen molar-refractivity contribution in [2.24, 2.45) is 0 Å². The minimum atomic E-state index is -1.57. The van der Waals surface area contributed by atoms with Crippen LogP contribution in [0.3, 0.4) is 0 Å². The van der Waals surface area contributed by atoms with Crippen molar-refractivity contribution in [3.05, 3.63) is 59.4 Å². The van der Waals surface area contributed by atoms with Gasteiger partial charge in [-0.05, 0) is 30.3 Å². The van der Waals surface area contributed by atoms with E-state index in [4.69, 9.17) is 9.47 Å². The number of rotatable bonds is 4. The number of carbonyl (C=O) groups excluding carboxylic acids is 3. The fourth-order valence-corrected chi connectivity index (χ4v) is 4.01. The molecule has 0 radical (unpaired) electrons. The van der Waals surface area contributed by atoms with Crippen molar-refractivity contribution in [3.63, 3.8) is 0 Å². The Hall–Kier alpha value is -3.42. The van der Waals surface area contributed by atoms with Crippen LogP contribution in [0.4, 0.5) is 10.1 Å². The molecule has 0 saturated carbocycles. The standard InChI is InChI=1S/C21H19FN2O5/c1-23-19(26)15-5-3-4-6-16(15)24-18(25)9-10-21(23,24)20(27)29-12-13-11-14(22)7-8-17(13)28-2/h3-8,11H,9-10,12H2,1-2H3/t21-/m1/s1. The van der Waals surface area contributed by atoms with Gasteiger partial charge in [0.05, 0.1) is 18.4 Å². The van der Waals surface area contributed by atoms with Crippen LogP contribution in [0.5, 0.6) is 5.75 Å². The Morgan fingerprint density at radius 3 is 2.72 bits per heavy atom. The molecule has 0 bridgehead atoms. The number of methoxy groups -OCH3 is 1. The highest BCUT2D eigenvalue weighted by atomic mass is 19.1. The maximum Gasteiger partial charge on any atom is 0.354 e. The van der Waals surface area contributed by atoms with Crippen molar-refractivity contribution in [2.45, 2.75) is 25.1 Å². The SMILES string of the molecule is COc1ccc(F)cc1COC(=O)[C@@]12CCC(=O)N1c1ccccc1C(=O)N2C. The van der Waals surface area contributed by atoms with Crippen molar-refractivity contribution in [3.8, 4) is 5.75 Å². The summed E-state index contributed by atoms with van der Waals surface area (Å²) in [5.41, 5.74) is -0.486. The van der Waals surface area contributed by atoms with Crippen molar-refractivity contribution < 1.29 is 28.2 Å². The molecule has 8 heteroatoms. The van der Waals surface area contributed by atoms with Crippen LogP contribution in [0, 0.1) is 5.82 Å². The molecule has 2 aliphatic heterocycles. The summed E-state index contributed by atoms with van der Waals surface area (Å²) in [7, 11) is 2.91. The van der Waals surface area contributed by atoms with E-state index >= 15 is 0 Å². The molecule has 0 N–H and O–H groups in total. The molecular weight excluding hydrogens is 379 g/mol. The number of ether oxygens (including phenoxy) is 2. The van der Waals surface area contributed by atoms with E-state index in [0.29, 0.717) is 22.6 Å². The molecule has 1 fully saturated rings. The number of esters is 1. The average Bonchev–Trinajstić information content (AvgIpc) is 3.09. The number of benzene rings is 2. The van der Waals surface area contributed by atoms with Gasteiger partial charge >= 0.3 is 5.97 Å². The highest BCUT2D eigenvalue weighted by Gasteiger charge is 2.60. The van der Waals surface area contributed by atoms with Gasteiger partial charge in [0, 0.05) is 25.5 Å². The normalized spacial score (nSPS) is 20.4. The van der Waals surface area contributed by atoms with Gasteiger partial charge in [0.2, 0.25) is 11.6 Å². The van der Waals surface area contributed by atoms with Crippen LogP contribution in [0.2, 0.25) is 0 Å². The van der Waals surface area contributed by atoms with Crippen LogP contribution >= 0.6 is 0 Å². The number of para-hydroxylation sites is 1. The molecule has 1 saturated heterocycles. The van der Waals surface area contributed by atoms with Crippen molar-refractivity contribution in [1.29, 1.82) is 0 Å². The van der Waals surface area contributed by atoms with E-state index in [-0.39, 0.29) is 31.3 Å². The van der Waals surface area contributed by atoms with Crippen molar-refractivity contribution >= 4 is 23.5 Å². The fraction of sp³-hybridized carbons (Fsp3) is 0.286. The number of fused-ring (bicyclic) bond motifs is 3. The molecule has 0 aliphatic carbocycles. The summed E-state index contributed by atoms with van der Waals surface area (Å²) in [6.07, 6.45) is 0.214. The summed E-state index contributed by atoms with van der Waals surface area (Å²) in [4.78, 5) is 41.4. The summed E-state index contributed by atoms with van der Waals surface area (Å²) >= 11 is 0. The minimum absolute atomic E-state index is 0.102. The van der Waals surface area contributed by atoms with E-state index < -0.39 is 17.4 Å². The molecule has 4 rings (SSSR count). The molecule has 1 atom stereocenters. The number of anilines is 1. The van der Waals surface area contributed by atoms with Crippen LogP contribution < -0.4 is 9.64 Å². The largest absolute Gasteiger partial charge is 0.496 e. The van der Waals surface area contributed by atoms with Crippen LogP contribution in [0.15, 0.2) is 42.5 Å². The Kier molecular flexibility index (Phi) is 4.49. The van der Waals surface area contributed by atoms with Crippen LogP contribution in [0.25, 0.3) is 0 Å². The summed E-state index contributed by atoms with van der Waals surface area (Å²) in [6, 6.07) is 10.6. The number of hydrogen-bond donors (Lipinski definition) is 0. The van der Waals surface area contributed by atoms with Gasteiger partial charge in [-0.25, -0.2) is 9.18 Å². The smallest absolute Gasteiger partial charge is 0.354 e. The third kappa shape index (κ3) is 2.74. The first-order valence-corrected chi connectivity index (χ1v) is 9.10. The summed E-state index contributed by atoms with van der Waals surface area (Å²) in [5.74, 6) is -1.51. The van der Waals surface area contributed by atoms with E-state index in [1.165, 1.54) is 42.2 Å². The zero-order valence-electron chi connectivity index (χ0n) is 16.0. The topological polar surface area (TPSA) is 76.1 Å². The Morgan fingerprint density at radius 2 is 1.97 bits per heavy atom. The van der Waals surface area contributed by atoms with E-state index in [1.807, 2.05) is 0 Å². The zero-order valence-corrected chi connectivity index (χ0v) is 16.0. The third-order valence-corrected chi connectivity index (χ3v) is 5.47. The second-order valence-electron chi connectivity index (χ2n) is 6.96. The van der Waals surface area contributed by atoms with E-state index in [1.54, 1.807) is 24.3 Å². The predicted octanol–water partition coefficient (Wildman–Crippen LogP) is 2.49. The molecular formula is C21H19FN2O5. The van der Waals surface area contributed by atoms with Gasteiger partial charge in [-0.15, -0.1) is 0 Å². The van der Waals surface area contributed by atoms with Gasteiger partial charge in [0.1, 0.15) is 18.2 Å². The Bertz CT molecular complexity index is 1020. The Morgan fingerprint density at radius 1 is 1.21 bits per heavy atom. The maximum absolute atomic E-state index is 13.6. The van der Waals surface area contributed by atoms with E-state index in [9.17, 15) is 18.8 Å². The average molecular weight is 398 g/mol.